The lowest BCUT2D eigenvalue weighted by atomic mass is 10.2. The molecule has 0 fully saturated rings. The van der Waals surface area contributed by atoms with Crippen LogP contribution >= 0.6 is 0 Å². The number of hydrogen-bond acceptors (Lipinski definition) is 5. The molecule has 0 N–H and O–H groups in total. The van der Waals surface area contributed by atoms with Crippen molar-refractivity contribution in [2.45, 2.75) is 6.92 Å². The Morgan fingerprint density at radius 1 is 1.45 bits per heavy atom. The second kappa shape index (κ2) is 5.32. The van der Waals surface area contributed by atoms with Crippen LogP contribution in [0.1, 0.15) is 11.1 Å². The molecule has 0 saturated carbocycles. The predicted octanol–water partition coefficient (Wildman–Crippen LogP) is 3.10. The normalized spacial score (nSPS) is 9.85. The summed E-state index contributed by atoms with van der Waals surface area (Å²) in [4.78, 5) is 13.9. The van der Waals surface area contributed by atoms with Gasteiger partial charge in [-0.25, -0.2) is 9.37 Å². The number of benzene rings is 1. The van der Waals surface area contributed by atoms with Crippen LogP contribution in [-0.4, -0.2) is 9.91 Å². The number of halogens is 1. The van der Waals surface area contributed by atoms with E-state index in [9.17, 15) is 14.5 Å². The van der Waals surface area contributed by atoms with Crippen LogP contribution in [0.3, 0.4) is 0 Å². The molecule has 0 atom stereocenters. The van der Waals surface area contributed by atoms with Gasteiger partial charge in [-0.2, -0.15) is 5.26 Å². The molecular weight excluding hydrogens is 265 g/mol. The van der Waals surface area contributed by atoms with Gasteiger partial charge >= 0.3 is 0 Å². The molecule has 0 aliphatic rings. The Balaban J connectivity index is 2.27. The summed E-state index contributed by atoms with van der Waals surface area (Å²) in [6.07, 6.45) is 1.07. The zero-order valence-electron chi connectivity index (χ0n) is 10.3. The standard InChI is InChI=1S/C13H8FN3O3/c1-8-4-13(16-7-12(8)17(18)19)20-10-3-2-9(6-15)11(14)5-10/h2-5,7H,1H3. The summed E-state index contributed by atoms with van der Waals surface area (Å²) in [7, 11) is 0. The van der Waals surface area contributed by atoms with Gasteiger partial charge in [0, 0.05) is 17.7 Å². The molecule has 1 heterocycles. The van der Waals surface area contributed by atoms with E-state index in [1.54, 1.807) is 13.0 Å². The van der Waals surface area contributed by atoms with Crippen molar-refractivity contribution in [2.24, 2.45) is 0 Å². The number of pyridine rings is 1. The highest BCUT2D eigenvalue weighted by Gasteiger charge is 2.13. The molecule has 0 spiro atoms. The Labute approximate surface area is 113 Å². The van der Waals surface area contributed by atoms with Crippen LogP contribution in [0.2, 0.25) is 0 Å². The molecule has 1 aromatic heterocycles. The highest BCUT2D eigenvalue weighted by atomic mass is 19.1. The molecule has 2 rings (SSSR count). The van der Waals surface area contributed by atoms with Crippen LogP contribution < -0.4 is 4.74 Å². The highest BCUT2D eigenvalue weighted by Crippen LogP contribution is 2.25. The fraction of sp³-hybridized carbons (Fsp3) is 0.0769. The van der Waals surface area contributed by atoms with Gasteiger partial charge in [-0.1, -0.05) is 0 Å². The predicted molar refractivity (Wildman–Crippen MR) is 66.8 cm³/mol. The van der Waals surface area contributed by atoms with Gasteiger partial charge in [0.2, 0.25) is 5.88 Å². The molecule has 0 unspecified atom stereocenters. The quantitative estimate of drug-likeness (QED) is 0.633. The van der Waals surface area contributed by atoms with Crippen molar-refractivity contribution < 1.29 is 14.1 Å². The summed E-state index contributed by atoms with van der Waals surface area (Å²) >= 11 is 0. The fourth-order valence-electron chi connectivity index (χ4n) is 1.54. The van der Waals surface area contributed by atoms with Gasteiger partial charge in [0.1, 0.15) is 23.8 Å². The maximum absolute atomic E-state index is 13.4. The lowest BCUT2D eigenvalue weighted by Crippen LogP contribution is -1.95. The van der Waals surface area contributed by atoms with Crippen LogP contribution in [-0.2, 0) is 0 Å². The first kappa shape index (κ1) is 13.4. The minimum Gasteiger partial charge on any atom is -0.439 e. The molecule has 0 saturated heterocycles. The third kappa shape index (κ3) is 2.70. The Morgan fingerprint density at radius 3 is 2.75 bits per heavy atom. The van der Waals surface area contributed by atoms with Crippen molar-refractivity contribution in [2.75, 3.05) is 0 Å². The molecule has 6 nitrogen and oxygen atoms in total. The molecular formula is C13H8FN3O3. The van der Waals surface area contributed by atoms with Crippen LogP contribution in [0.25, 0.3) is 0 Å². The van der Waals surface area contributed by atoms with E-state index in [-0.39, 0.29) is 22.9 Å². The third-order valence-corrected chi connectivity index (χ3v) is 2.54. The van der Waals surface area contributed by atoms with E-state index in [0.717, 1.165) is 12.3 Å². The first-order valence-corrected chi connectivity index (χ1v) is 5.50. The minimum atomic E-state index is -0.705. The van der Waals surface area contributed by atoms with Crippen molar-refractivity contribution >= 4 is 5.69 Å². The van der Waals surface area contributed by atoms with Gasteiger partial charge in [0.05, 0.1) is 10.5 Å². The topological polar surface area (TPSA) is 89.0 Å². The van der Waals surface area contributed by atoms with Gasteiger partial charge in [-0.3, -0.25) is 10.1 Å². The molecule has 100 valence electrons. The Morgan fingerprint density at radius 2 is 2.20 bits per heavy atom. The first-order chi connectivity index (χ1) is 9.51. The third-order valence-electron chi connectivity index (χ3n) is 2.54. The van der Waals surface area contributed by atoms with Crippen LogP contribution in [0.5, 0.6) is 11.6 Å². The molecule has 20 heavy (non-hydrogen) atoms. The number of aryl methyl sites for hydroxylation is 1. The SMILES string of the molecule is Cc1cc(Oc2ccc(C#N)c(F)c2)ncc1[N+](=O)[O-]. The van der Waals surface area contributed by atoms with Crippen molar-refractivity contribution in [3.63, 3.8) is 0 Å². The summed E-state index contributed by atoms with van der Waals surface area (Å²) in [6.45, 7) is 1.55. The average Bonchev–Trinajstić information content (AvgIpc) is 2.38. The molecule has 0 bridgehead atoms. The van der Waals surface area contributed by atoms with Crippen molar-refractivity contribution in [1.29, 1.82) is 5.26 Å². The summed E-state index contributed by atoms with van der Waals surface area (Å²) < 4.78 is 18.7. The van der Waals surface area contributed by atoms with Crippen molar-refractivity contribution in [3.05, 3.63) is 57.5 Å². The smallest absolute Gasteiger partial charge is 0.290 e. The molecule has 7 heteroatoms. The Bertz CT molecular complexity index is 725. The largest absolute Gasteiger partial charge is 0.439 e. The average molecular weight is 273 g/mol. The first-order valence-electron chi connectivity index (χ1n) is 5.50. The second-order valence-electron chi connectivity index (χ2n) is 3.92. The molecule has 0 aliphatic carbocycles. The number of nitro groups is 1. The number of rotatable bonds is 3. The zero-order valence-corrected chi connectivity index (χ0v) is 10.3. The molecule has 2 aromatic rings. The number of nitrogens with zero attached hydrogens (tertiary/aromatic N) is 3. The second-order valence-corrected chi connectivity index (χ2v) is 3.92. The van der Waals surface area contributed by atoms with E-state index in [0.29, 0.717) is 5.56 Å². The van der Waals surface area contributed by atoms with Crippen LogP contribution in [0.4, 0.5) is 10.1 Å². The van der Waals surface area contributed by atoms with Crippen LogP contribution in [0.15, 0.2) is 30.5 Å². The summed E-state index contributed by atoms with van der Waals surface area (Å²) in [5.74, 6) is -0.442. The molecule has 1 aromatic carbocycles. The highest BCUT2D eigenvalue weighted by molar-refractivity contribution is 5.41. The van der Waals surface area contributed by atoms with E-state index in [4.69, 9.17) is 10.00 Å². The monoisotopic (exact) mass is 273 g/mol. The maximum Gasteiger partial charge on any atom is 0.290 e. The van der Waals surface area contributed by atoms with Crippen LogP contribution in [0, 0.1) is 34.2 Å². The van der Waals surface area contributed by atoms with E-state index < -0.39 is 10.7 Å². The summed E-state index contributed by atoms with van der Waals surface area (Å²) in [5.41, 5.74) is 0.169. The van der Waals surface area contributed by atoms with Crippen molar-refractivity contribution in [3.8, 4) is 17.7 Å². The lowest BCUT2D eigenvalue weighted by molar-refractivity contribution is -0.385. The molecule has 0 aliphatic heterocycles. The zero-order chi connectivity index (χ0) is 14.7. The summed E-state index contributed by atoms with van der Waals surface area (Å²) in [5, 5.41) is 19.3. The maximum atomic E-state index is 13.4. The number of aromatic nitrogens is 1. The number of nitriles is 1. The number of ether oxygens (including phenoxy) is 1. The van der Waals surface area contributed by atoms with Gasteiger partial charge in [0.15, 0.2) is 0 Å². The molecule has 0 radical (unpaired) electrons. The van der Waals surface area contributed by atoms with E-state index >= 15 is 0 Å². The van der Waals surface area contributed by atoms with E-state index in [1.165, 1.54) is 18.2 Å². The number of hydrogen-bond donors (Lipinski definition) is 0. The lowest BCUT2D eigenvalue weighted by Gasteiger charge is -2.06. The van der Waals surface area contributed by atoms with Crippen molar-refractivity contribution in [1.82, 2.24) is 4.98 Å². The fourth-order valence-corrected chi connectivity index (χ4v) is 1.54. The van der Waals surface area contributed by atoms with E-state index in [1.807, 2.05) is 0 Å². The summed E-state index contributed by atoms with van der Waals surface area (Å²) in [6, 6.07) is 6.83. The van der Waals surface area contributed by atoms with Gasteiger partial charge in [-0.15, -0.1) is 0 Å². The molecule has 0 amide bonds. The van der Waals surface area contributed by atoms with E-state index in [2.05, 4.69) is 4.98 Å². The van der Waals surface area contributed by atoms with Gasteiger partial charge < -0.3 is 4.74 Å². The van der Waals surface area contributed by atoms with Gasteiger partial charge in [-0.05, 0) is 19.1 Å². The Kier molecular flexibility index (Phi) is 3.57. The van der Waals surface area contributed by atoms with Gasteiger partial charge in [0.25, 0.3) is 5.69 Å². The minimum absolute atomic E-state index is 0.0924. The Hall–Kier alpha value is -3.01.